The number of nitrogens with zero attached hydrogens (tertiary/aromatic N) is 1. The van der Waals surface area contributed by atoms with E-state index in [4.69, 9.17) is 9.16 Å². The normalized spacial score (nSPS) is 12.8. The molecule has 0 aliphatic carbocycles. The summed E-state index contributed by atoms with van der Waals surface area (Å²) in [6, 6.07) is 46.0. The summed E-state index contributed by atoms with van der Waals surface area (Å²) in [5, 5.41) is 1.18. The van der Waals surface area contributed by atoms with E-state index in [0.29, 0.717) is 6.61 Å². The first-order valence-electron chi connectivity index (χ1n) is 15.4. The monoisotopic (exact) mass is 573 g/mol. The Labute approximate surface area is 252 Å². The van der Waals surface area contributed by atoms with E-state index in [1.54, 1.807) is 0 Å². The summed E-state index contributed by atoms with van der Waals surface area (Å²) in [7, 11) is -1.71. The number of hydrogen-bond acceptors (Lipinski definition) is 3. The third kappa shape index (κ3) is 6.26. The average Bonchev–Trinajstić information content (AvgIpc) is 3.07. The molecule has 0 aliphatic rings. The molecule has 0 unspecified atom stereocenters. The molecule has 0 N–H and O–H groups in total. The zero-order valence-corrected chi connectivity index (χ0v) is 26.2. The van der Waals surface area contributed by atoms with Crippen LogP contribution in [0.5, 0.6) is 0 Å². The Morgan fingerprint density at radius 2 is 1.14 bits per heavy atom. The number of ether oxygens (including phenoxy) is 1. The van der Waals surface area contributed by atoms with Crippen LogP contribution in [-0.4, -0.2) is 26.5 Å². The highest BCUT2D eigenvalue weighted by atomic mass is 28.4. The first-order chi connectivity index (χ1) is 20.7. The molecule has 3 nitrogen and oxygen atoms in total. The molecule has 0 saturated carbocycles. The zero-order valence-electron chi connectivity index (χ0n) is 25.2. The molecule has 0 bridgehead atoms. The summed E-state index contributed by atoms with van der Waals surface area (Å²) in [6.07, 6.45) is 2.82. The van der Waals surface area contributed by atoms with Crippen LogP contribution in [0.4, 0.5) is 0 Å². The van der Waals surface area contributed by atoms with Gasteiger partial charge in [-0.1, -0.05) is 130 Å². The van der Waals surface area contributed by atoms with Crippen molar-refractivity contribution in [3.63, 3.8) is 0 Å². The van der Waals surface area contributed by atoms with Crippen molar-refractivity contribution in [3.8, 4) is 0 Å². The predicted octanol–water partition coefficient (Wildman–Crippen LogP) is 9.74. The van der Waals surface area contributed by atoms with Crippen molar-refractivity contribution in [2.24, 2.45) is 0 Å². The van der Waals surface area contributed by atoms with Crippen molar-refractivity contribution in [3.05, 3.63) is 150 Å². The van der Waals surface area contributed by atoms with Crippen LogP contribution < -0.4 is 0 Å². The van der Waals surface area contributed by atoms with E-state index >= 15 is 0 Å². The average molecular weight is 574 g/mol. The minimum atomic E-state index is -1.71. The molecule has 0 radical (unpaired) electrons. The summed E-state index contributed by atoms with van der Waals surface area (Å²) in [5.41, 5.74) is 4.87. The van der Waals surface area contributed by atoms with Gasteiger partial charge >= 0.3 is 0 Å². The van der Waals surface area contributed by atoms with Crippen LogP contribution in [0.2, 0.25) is 18.1 Å². The van der Waals surface area contributed by atoms with E-state index in [2.05, 4.69) is 147 Å². The van der Waals surface area contributed by atoms with Crippen molar-refractivity contribution in [2.75, 3.05) is 13.2 Å². The van der Waals surface area contributed by atoms with Crippen molar-refractivity contribution in [2.45, 2.75) is 56.8 Å². The van der Waals surface area contributed by atoms with E-state index in [9.17, 15) is 0 Å². The standard InChI is InChI=1S/C38H43NO2Si/c1-4-42(5-2,6-3)41-29-27-31(35-26-28-39-37-25-17-16-24-36(35)37)30-40-38(32-18-10-7-11-19-32,33-20-12-8-13-21-33)34-22-14-9-15-23-34/h7-26,28,31H,4-6,27,29-30H2,1-3H3/t31-/m1/s1. The number of benzene rings is 4. The van der Waals surface area contributed by atoms with Gasteiger partial charge in [0.25, 0.3) is 0 Å². The van der Waals surface area contributed by atoms with E-state index in [-0.39, 0.29) is 5.92 Å². The van der Waals surface area contributed by atoms with Gasteiger partial charge in [0.05, 0.1) is 12.1 Å². The Kier molecular flexibility index (Phi) is 10.0. The van der Waals surface area contributed by atoms with Crippen molar-refractivity contribution >= 4 is 19.2 Å². The fourth-order valence-electron chi connectivity index (χ4n) is 6.27. The van der Waals surface area contributed by atoms with Gasteiger partial charge < -0.3 is 9.16 Å². The van der Waals surface area contributed by atoms with Crippen LogP contribution in [0.15, 0.2) is 128 Å². The zero-order chi connectivity index (χ0) is 29.3. The van der Waals surface area contributed by atoms with Crippen molar-refractivity contribution in [1.82, 2.24) is 4.98 Å². The maximum Gasteiger partial charge on any atom is 0.191 e. The second-order valence-electron chi connectivity index (χ2n) is 11.1. The minimum absolute atomic E-state index is 0.130. The summed E-state index contributed by atoms with van der Waals surface area (Å²) in [6.45, 7) is 8.16. The quantitative estimate of drug-likeness (QED) is 0.0979. The van der Waals surface area contributed by atoms with Crippen LogP contribution in [0.25, 0.3) is 10.9 Å². The van der Waals surface area contributed by atoms with Crippen LogP contribution in [0.3, 0.4) is 0 Å². The molecule has 42 heavy (non-hydrogen) atoms. The highest BCUT2D eigenvalue weighted by molar-refractivity contribution is 6.73. The Morgan fingerprint density at radius 3 is 1.67 bits per heavy atom. The molecule has 0 aliphatic heterocycles. The number of aromatic nitrogens is 1. The van der Waals surface area contributed by atoms with Crippen LogP contribution >= 0.6 is 0 Å². The van der Waals surface area contributed by atoms with Gasteiger partial charge in [-0.05, 0) is 58.9 Å². The lowest BCUT2D eigenvalue weighted by molar-refractivity contribution is 0.00156. The molecule has 1 heterocycles. The van der Waals surface area contributed by atoms with E-state index < -0.39 is 13.9 Å². The van der Waals surface area contributed by atoms with Gasteiger partial charge in [0.15, 0.2) is 8.32 Å². The van der Waals surface area contributed by atoms with E-state index in [0.717, 1.165) is 53.4 Å². The highest BCUT2D eigenvalue weighted by Gasteiger charge is 2.38. The Balaban J connectivity index is 1.58. The van der Waals surface area contributed by atoms with E-state index in [1.807, 2.05) is 6.20 Å². The van der Waals surface area contributed by atoms with Gasteiger partial charge in [-0.3, -0.25) is 4.98 Å². The summed E-state index contributed by atoms with van der Waals surface area (Å²) in [4.78, 5) is 4.67. The molecule has 4 heteroatoms. The molecule has 0 saturated heterocycles. The molecular weight excluding hydrogens is 531 g/mol. The number of hydrogen-bond donors (Lipinski definition) is 0. The topological polar surface area (TPSA) is 31.4 Å². The lowest BCUT2D eigenvalue weighted by Crippen LogP contribution is -2.37. The largest absolute Gasteiger partial charge is 0.417 e. The Bertz CT molecular complexity index is 1410. The fourth-order valence-corrected chi connectivity index (χ4v) is 8.93. The molecule has 216 valence electrons. The third-order valence-corrected chi connectivity index (χ3v) is 13.7. The van der Waals surface area contributed by atoms with Crippen molar-refractivity contribution < 1.29 is 9.16 Å². The molecule has 4 aromatic carbocycles. The van der Waals surface area contributed by atoms with Crippen LogP contribution in [0.1, 0.15) is 55.4 Å². The highest BCUT2D eigenvalue weighted by Crippen LogP contribution is 2.42. The Hall–Kier alpha value is -3.57. The second-order valence-corrected chi connectivity index (χ2v) is 15.9. The maximum atomic E-state index is 7.35. The van der Waals surface area contributed by atoms with Crippen LogP contribution in [0, 0.1) is 0 Å². The fraction of sp³-hybridized carbons (Fsp3) is 0.289. The van der Waals surface area contributed by atoms with Crippen molar-refractivity contribution in [1.29, 1.82) is 0 Å². The summed E-state index contributed by atoms with van der Waals surface area (Å²) in [5.74, 6) is 0.130. The van der Waals surface area contributed by atoms with Gasteiger partial charge in [0.1, 0.15) is 5.60 Å². The number of rotatable bonds is 14. The number of para-hydroxylation sites is 1. The number of fused-ring (bicyclic) bond motifs is 1. The molecule has 1 aromatic heterocycles. The van der Waals surface area contributed by atoms with Gasteiger partial charge in [0, 0.05) is 24.1 Å². The predicted molar refractivity (Wildman–Crippen MR) is 177 cm³/mol. The first-order valence-corrected chi connectivity index (χ1v) is 18.0. The molecule has 0 amide bonds. The van der Waals surface area contributed by atoms with Gasteiger partial charge in [-0.25, -0.2) is 0 Å². The number of pyridine rings is 1. The molecule has 5 rings (SSSR count). The molecule has 5 aromatic rings. The first kappa shape index (κ1) is 29.9. The molecule has 0 fully saturated rings. The smallest absolute Gasteiger partial charge is 0.191 e. The summed E-state index contributed by atoms with van der Waals surface area (Å²) >= 11 is 0. The SMILES string of the molecule is CC[Si](CC)(CC)OCC[C@H](COC(c1ccccc1)(c1ccccc1)c1ccccc1)c1ccnc2ccccc12. The van der Waals surface area contributed by atoms with Gasteiger partial charge in [-0.2, -0.15) is 0 Å². The van der Waals surface area contributed by atoms with Gasteiger partial charge in [-0.15, -0.1) is 0 Å². The molecular formula is C38H43NO2Si. The van der Waals surface area contributed by atoms with E-state index in [1.165, 1.54) is 10.9 Å². The van der Waals surface area contributed by atoms with Gasteiger partial charge in [0.2, 0.25) is 0 Å². The third-order valence-electron chi connectivity index (χ3n) is 8.97. The maximum absolute atomic E-state index is 7.35. The summed E-state index contributed by atoms with van der Waals surface area (Å²) < 4.78 is 14.1. The minimum Gasteiger partial charge on any atom is -0.417 e. The lowest BCUT2D eigenvalue weighted by Gasteiger charge is -2.37. The second kappa shape index (κ2) is 14.1. The van der Waals surface area contributed by atoms with Crippen LogP contribution in [-0.2, 0) is 14.8 Å². The lowest BCUT2D eigenvalue weighted by atomic mass is 9.80. The molecule has 1 atom stereocenters. The Morgan fingerprint density at radius 1 is 0.643 bits per heavy atom. The molecule has 0 spiro atoms.